The molecule has 0 bridgehead atoms. The highest BCUT2D eigenvalue weighted by molar-refractivity contribution is 6.33. The normalized spacial score (nSPS) is 11.2. The van der Waals surface area contributed by atoms with Crippen LogP contribution in [0.3, 0.4) is 0 Å². The van der Waals surface area contributed by atoms with Crippen molar-refractivity contribution >= 4 is 40.1 Å². The van der Waals surface area contributed by atoms with Crippen LogP contribution < -0.4 is 10.7 Å². The summed E-state index contributed by atoms with van der Waals surface area (Å²) in [6.45, 7) is 2.69. The Morgan fingerprint density at radius 3 is 2.52 bits per heavy atom. The summed E-state index contributed by atoms with van der Waals surface area (Å²) < 4.78 is 5.86. The van der Waals surface area contributed by atoms with E-state index in [-0.39, 0.29) is 27.1 Å². The Hall–Kier alpha value is -3.02. The summed E-state index contributed by atoms with van der Waals surface area (Å²) in [5.74, 6) is 0.0726. The summed E-state index contributed by atoms with van der Waals surface area (Å²) in [4.78, 5) is 24.4. The van der Waals surface area contributed by atoms with E-state index in [2.05, 4.69) is 12.2 Å². The monoisotopic (exact) mass is 455 g/mol. The fraction of sp³-hybridized carbons (Fsp3) is 0.167. The highest BCUT2D eigenvalue weighted by Crippen LogP contribution is 2.43. The average Bonchev–Trinajstić information content (AvgIpc) is 2.75. The van der Waals surface area contributed by atoms with Crippen molar-refractivity contribution in [2.75, 3.05) is 6.54 Å². The number of amides is 1. The molecule has 1 aliphatic carbocycles. The van der Waals surface area contributed by atoms with Crippen LogP contribution in [0.15, 0.2) is 57.7 Å². The van der Waals surface area contributed by atoms with Crippen molar-refractivity contribution in [1.82, 2.24) is 5.32 Å². The van der Waals surface area contributed by atoms with Gasteiger partial charge < -0.3 is 14.8 Å². The molecular weight excluding hydrogens is 437 g/mol. The minimum Gasteiger partial charge on any atom is -0.506 e. The van der Waals surface area contributed by atoms with Gasteiger partial charge in [0, 0.05) is 40.8 Å². The van der Waals surface area contributed by atoms with Gasteiger partial charge in [-0.05, 0) is 36.2 Å². The van der Waals surface area contributed by atoms with E-state index in [1.807, 2.05) is 12.1 Å². The molecule has 4 rings (SSSR count). The zero-order valence-electron chi connectivity index (χ0n) is 16.7. The number of rotatable bonds is 5. The molecule has 1 heterocycles. The first-order valence-corrected chi connectivity index (χ1v) is 10.6. The van der Waals surface area contributed by atoms with E-state index in [0.717, 1.165) is 24.0 Å². The second-order valence-corrected chi connectivity index (χ2v) is 8.06. The van der Waals surface area contributed by atoms with Crippen LogP contribution in [0, 0.1) is 0 Å². The molecule has 0 fully saturated rings. The van der Waals surface area contributed by atoms with E-state index >= 15 is 0 Å². The predicted molar refractivity (Wildman–Crippen MR) is 123 cm³/mol. The van der Waals surface area contributed by atoms with Crippen LogP contribution in [-0.4, -0.2) is 17.6 Å². The first kappa shape index (κ1) is 21.2. The van der Waals surface area contributed by atoms with Crippen LogP contribution in [0.4, 0.5) is 0 Å². The molecule has 0 unspecified atom stereocenters. The van der Waals surface area contributed by atoms with Crippen molar-refractivity contribution in [3.05, 3.63) is 74.4 Å². The van der Waals surface area contributed by atoms with Crippen molar-refractivity contribution < 1.29 is 14.3 Å². The van der Waals surface area contributed by atoms with Gasteiger partial charge >= 0.3 is 0 Å². The van der Waals surface area contributed by atoms with Crippen molar-refractivity contribution in [2.24, 2.45) is 0 Å². The molecule has 7 heteroatoms. The molecule has 2 N–H and O–H groups in total. The Kier molecular flexibility index (Phi) is 5.90. The molecule has 158 valence electrons. The van der Waals surface area contributed by atoms with E-state index in [4.69, 9.17) is 27.6 Å². The first-order valence-electron chi connectivity index (χ1n) is 9.86. The maximum absolute atomic E-state index is 12.3. The number of halogens is 2. The highest BCUT2D eigenvalue weighted by Gasteiger charge is 2.20. The zero-order valence-corrected chi connectivity index (χ0v) is 18.2. The molecule has 0 saturated heterocycles. The largest absolute Gasteiger partial charge is 0.506 e. The van der Waals surface area contributed by atoms with Crippen molar-refractivity contribution in [3.8, 4) is 28.2 Å². The Morgan fingerprint density at radius 2 is 1.81 bits per heavy atom. The average molecular weight is 456 g/mol. The summed E-state index contributed by atoms with van der Waals surface area (Å²) >= 11 is 12.3. The minimum absolute atomic E-state index is 0.0695. The fourth-order valence-electron chi connectivity index (χ4n) is 3.48. The number of benzene rings is 3. The quantitative estimate of drug-likeness (QED) is 0.281. The Bertz CT molecular complexity index is 1310. The molecule has 0 saturated carbocycles. The van der Waals surface area contributed by atoms with Crippen LogP contribution in [0.1, 0.15) is 30.1 Å². The second-order valence-electron chi connectivity index (χ2n) is 7.24. The van der Waals surface area contributed by atoms with Gasteiger partial charge in [0.05, 0.1) is 10.0 Å². The number of carbonyl (C=O) groups excluding carboxylic acids is 1. The minimum atomic E-state index is -0.361. The molecule has 0 radical (unpaired) electrons. The number of phenols is 1. The summed E-state index contributed by atoms with van der Waals surface area (Å²) in [7, 11) is 0. The molecule has 1 aliphatic heterocycles. The van der Waals surface area contributed by atoms with E-state index in [1.165, 1.54) is 12.1 Å². The van der Waals surface area contributed by atoms with Crippen LogP contribution >= 0.6 is 23.2 Å². The molecule has 5 nitrogen and oxygen atoms in total. The number of hydrogen-bond donors (Lipinski definition) is 2. The summed E-state index contributed by atoms with van der Waals surface area (Å²) in [5, 5.41) is 13.8. The highest BCUT2D eigenvalue weighted by atomic mass is 35.5. The number of fused-ring (bicyclic) bond motifs is 2. The van der Waals surface area contributed by atoms with Gasteiger partial charge in [0.15, 0.2) is 0 Å². The number of nitrogens with one attached hydrogen (secondary N) is 1. The third kappa shape index (κ3) is 4.11. The fourth-order valence-corrected chi connectivity index (χ4v) is 3.81. The molecule has 2 aromatic carbocycles. The van der Waals surface area contributed by atoms with E-state index in [9.17, 15) is 14.7 Å². The maximum Gasteiger partial charge on any atom is 0.251 e. The lowest BCUT2D eigenvalue weighted by Crippen LogP contribution is -2.24. The third-order valence-electron chi connectivity index (χ3n) is 5.09. The van der Waals surface area contributed by atoms with Gasteiger partial charge in [0.25, 0.3) is 5.91 Å². The van der Waals surface area contributed by atoms with Gasteiger partial charge in [-0.2, -0.15) is 0 Å². The number of unbranched alkanes of at least 4 members (excludes halogenated alkanes) is 1. The van der Waals surface area contributed by atoms with Gasteiger partial charge in [-0.15, -0.1) is 0 Å². The van der Waals surface area contributed by atoms with Crippen molar-refractivity contribution in [2.45, 2.75) is 19.8 Å². The van der Waals surface area contributed by atoms with Gasteiger partial charge in [0.1, 0.15) is 17.1 Å². The first-order chi connectivity index (χ1) is 14.9. The van der Waals surface area contributed by atoms with Gasteiger partial charge in [0.2, 0.25) is 5.43 Å². The van der Waals surface area contributed by atoms with E-state index < -0.39 is 0 Å². The number of carbonyl (C=O) groups is 1. The SMILES string of the molecule is CCCCNC(=O)c1ccc(-c2c3cc(Cl)c(=O)cc-3oc3cc(O)c(Cl)cc23)cc1. The summed E-state index contributed by atoms with van der Waals surface area (Å²) in [6, 6.07) is 13.0. The standard InChI is InChI=1S/C24H19Cl2NO4/c1-2-3-8-27-24(30)14-6-4-13(5-7-14)23-15-9-17(25)19(28)11-21(15)31-22-12-20(29)18(26)10-16(22)23/h4-7,9-12,28H,2-3,8H2,1H3,(H,27,30). The lowest BCUT2D eigenvalue weighted by atomic mass is 9.93. The van der Waals surface area contributed by atoms with Crippen LogP contribution in [0.5, 0.6) is 5.75 Å². The number of phenolic OH excluding ortho intramolecular Hbond substituents is 1. The zero-order chi connectivity index (χ0) is 22.1. The van der Waals surface area contributed by atoms with E-state index in [0.29, 0.717) is 34.4 Å². The lowest BCUT2D eigenvalue weighted by molar-refractivity contribution is 0.0953. The van der Waals surface area contributed by atoms with Crippen LogP contribution in [0.25, 0.3) is 33.4 Å². The maximum atomic E-state index is 12.3. The van der Waals surface area contributed by atoms with Gasteiger partial charge in [-0.25, -0.2) is 0 Å². The lowest BCUT2D eigenvalue weighted by Gasteiger charge is -2.16. The smallest absolute Gasteiger partial charge is 0.251 e. The number of hydrogen-bond acceptors (Lipinski definition) is 4. The molecule has 0 spiro atoms. The Balaban J connectivity index is 1.89. The van der Waals surface area contributed by atoms with Crippen LogP contribution in [0.2, 0.25) is 10.0 Å². The third-order valence-corrected chi connectivity index (χ3v) is 5.69. The predicted octanol–water partition coefficient (Wildman–Crippen LogP) is 6.11. The molecule has 0 aromatic heterocycles. The van der Waals surface area contributed by atoms with Crippen molar-refractivity contribution in [3.63, 3.8) is 0 Å². The Labute approximate surface area is 188 Å². The molecule has 2 aromatic rings. The molecule has 2 aliphatic rings. The molecule has 1 amide bonds. The second kappa shape index (κ2) is 8.61. The van der Waals surface area contributed by atoms with E-state index in [1.54, 1.807) is 24.3 Å². The van der Waals surface area contributed by atoms with Gasteiger partial charge in [-0.3, -0.25) is 9.59 Å². The summed E-state index contributed by atoms with van der Waals surface area (Å²) in [6.07, 6.45) is 1.93. The number of aromatic hydroxyl groups is 1. The topological polar surface area (TPSA) is 79.5 Å². The molecule has 0 atom stereocenters. The van der Waals surface area contributed by atoms with Crippen LogP contribution in [-0.2, 0) is 0 Å². The van der Waals surface area contributed by atoms with Gasteiger partial charge in [-0.1, -0.05) is 48.7 Å². The Morgan fingerprint density at radius 1 is 1.06 bits per heavy atom. The van der Waals surface area contributed by atoms with Crippen molar-refractivity contribution in [1.29, 1.82) is 0 Å². The molecule has 31 heavy (non-hydrogen) atoms. The molecular formula is C24H19Cl2NO4. The summed E-state index contributed by atoms with van der Waals surface area (Å²) in [5.41, 5.74) is 2.70.